The number of rotatable bonds is 7. The fourth-order valence-electron chi connectivity index (χ4n) is 2.26. The molecule has 0 spiro atoms. The van der Waals surface area contributed by atoms with Gasteiger partial charge in [0.25, 0.3) is 0 Å². The zero-order valence-corrected chi connectivity index (χ0v) is 11.3. The van der Waals surface area contributed by atoms with E-state index in [4.69, 9.17) is 5.73 Å². The Kier molecular flexibility index (Phi) is 5.69. The fourth-order valence-corrected chi connectivity index (χ4v) is 2.26. The Hall–Kier alpha value is -1.51. The van der Waals surface area contributed by atoms with Crippen LogP contribution in [-0.2, 0) is 6.42 Å². The van der Waals surface area contributed by atoms with Gasteiger partial charge in [0.2, 0.25) is 0 Å². The van der Waals surface area contributed by atoms with Gasteiger partial charge in [0.1, 0.15) is 0 Å². The number of carbonyl (C=O) groups is 1. The van der Waals surface area contributed by atoms with E-state index in [2.05, 4.69) is 13.8 Å². The minimum Gasteiger partial charge on any atom is -0.478 e. The molecular weight excluding hydrogens is 226 g/mol. The molecule has 0 aliphatic carbocycles. The molecule has 0 fully saturated rings. The first-order valence-corrected chi connectivity index (χ1v) is 6.70. The lowest BCUT2D eigenvalue weighted by atomic mass is 9.89. The standard InChI is InChI=1S/C15H23NO2/c1-3-5-7-11(4-2)10-13-12(15(17)18)8-6-9-14(13)16/h6,8-9,11H,3-5,7,10,16H2,1-2H3,(H,17,18). The van der Waals surface area contributed by atoms with E-state index < -0.39 is 5.97 Å². The Morgan fingerprint density at radius 3 is 2.67 bits per heavy atom. The molecule has 100 valence electrons. The number of hydrogen-bond donors (Lipinski definition) is 2. The summed E-state index contributed by atoms with van der Waals surface area (Å²) in [6.45, 7) is 4.33. The normalized spacial score (nSPS) is 12.3. The van der Waals surface area contributed by atoms with Gasteiger partial charge in [-0.05, 0) is 30.0 Å². The summed E-state index contributed by atoms with van der Waals surface area (Å²) in [5, 5.41) is 9.20. The Balaban J connectivity index is 2.90. The Morgan fingerprint density at radius 2 is 2.11 bits per heavy atom. The maximum absolute atomic E-state index is 11.2. The van der Waals surface area contributed by atoms with Crippen molar-refractivity contribution in [2.75, 3.05) is 5.73 Å². The van der Waals surface area contributed by atoms with E-state index in [1.54, 1.807) is 18.2 Å². The summed E-state index contributed by atoms with van der Waals surface area (Å²) in [6.07, 6.45) is 5.33. The molecule has 1 unspecified atom stereocenters. The molecule has 3 nitrogen and oxygen atoms in total. The molecule has 0 aromatic heterocycles. The highest BCUT2D eigenvalue weighted by molar-refractivity contribution is 5.91. The van der Waals surface area contributed by atoms with Gasteiger partial charge in [0.15, 0.2) is 0 Å². The smallest absolute Gasteiger partial charge is 0.336 e. The van der Waals surface area contributed by atoms with Crippen molar-refractivity contribution < 1.29 is 9.90 Å². The number of carboxylic acids is 1. The maximum atomic E-state index is 11.2. The van der Waals surface area contributed by atoms with Crippen LogP contribution in [0.25, 0.3) is 0 Å². The van der Waals surface area contributed by atoms with Crippen LogP contribution in [0.4, 0.5) is 5.69 Å². The fraction of sp³-hybridized carbons (Fsp3) is 0.533. The average molecular weight is 249 g/mol. The summed E-state index contributed by atoms with van der Waals surface area (Å²) in [4.78, 5) is 11.2. The van der Waals surface area contributed by atoms with Crippen LogP contribution < -0.4 is 5.73 Å². The van der Waals surface area contributed by atoms with E-state index in [1.807, 2.05) is 0 Å². The summed E-state index contributed by atoms with van der Waals surface area (Å²) in [6, 6.07) is 5.13. The van der Waals surface area contributed by atoms with Gasteiger partial charge in [-0.2, -0.15) is 0 Å². The zero-order valence-electron chi connectivity index (χ0n) is 11.3. The minimum absolute atomic E-state index is 0.352. The quantitative estimate of drug-likeness (QED) is 0.724. The van der Waals surface area contributed by atoms with Gasteiger partial charge in [-0.3, -0.25) is 0 Å². The number of hydrogen-bond acceptors (Lipinski definition) is 2. The molecule has 0 saturated heterocycles. The van der Waals surface area contributed by atoms with Crippen molar-refractivity contribution in [3.05, 3.63) is 29.3 Å². The Morgan fingerprint density at radius 1 is 1.39 bits per heavy atom. The highest BCUT2D eigenvalue weighted by Crippen LogP contribution is 2.25. The zero-order chi connectivity index (χ0) is 13.5. The second kappa shape index (κ2) is 7.04. The first-order valence-electron chi connectivity index (χ1n) is 6.70. The van der Waals surface area contributed by atoms with E-state index in [-0.39, 0.29) is 0 Å². The van der Waals surface area contributed by atoms with Crippen molar-refractivity contribution >= 4 is 11.7 Å². The van der Waals surface area contributed by atoms with Crippen LogP contribution in [0.5, 0.6) is 0 Å². The summed E-state index contributed by atoms with van der Waals surface area (Å²) in [5.41, 5.74) is 7.68. The predicted octanol–water partition coefficient (Wildman–Crippen LogP) is 3.73. The predicted molar refractivity (Wildman–Crippen MR) is 74.8 cm³/mol. The van der Waals surface area contributed by atoms with Gasteiger partial charge >= 0.3 is 5.97 Å². The van der Waals surface area contributed by atoms with Crippen LogP contribution in [0, 0.1) is 5.92 Å². The summed E-state index contributed by atoms with van der Waals surface area (Å²) in [7, 11) is 0. The van der Waals surface area contributed by atoms with Crippen LogP contribution in [0.1, 0.15) is 55.5 Å². The second-order valence-electron chi connectivity index (χ2n) is 4.80. The van der Waals surface area contributed by atoms with Crippen LogP contribution in [-0.4, -0.2) is 11.1 Å². The van der Waals surface area contributed by atoms with Crippen LogP contribution in [0.3, 0.4) is 0 Å². The lowest BCUT2D eigenvalue weighted by molar-refractivity contribution is 0.0695. The minimum atomic E-state index is -0.886. The van der Waals surface area contributed by atoms with E-state index in [9.17, 15) is 9.90 Å². The third kappa shape index (κ3) is 3.76. The molecule has 1 atom stereocenters. The first-order chi connectivity index (χ1) is 8.60. The number of carboxylic acid groups (broad SMARTS) is 1. The van der Waals surface area contributed by atoms with Gasteiger partial charge in [0.05, 0.1) is 5.56 Å². The molecule has 0 saturated carbocycles. The van der Waals surface area contributed by atoms with Crippen molar-refractivity contribution in [1.29, 1.82) is 0 Å². The molecule has 3 N–H and O–H groups in total. The lowest BCUT2D eigenvalue weighted by Crippen LogP contribution is -2.11. The lowest BCUT2D eigenvalue weighted by Gasteiger charge is -2.17. The molecule has 1 aromatic rings. The summed E-state index contributed by atoms with van der Waals surface area (Å²) < 4.78 is 0. The molecule has 0 aliphatic heterocycles. The number of nitrogens with two attached hydrogens (primary N) is 1. The summed E-state index contributed by atoms with van der Waals surface area (Å²) in [5.74, 6) is -0.365. The molecule has 0 aliphatic rings. The Bertz CT molecular complexity index is 401. The SMILES string of the molecule is CCCCC(CC)Cc1c(N)cccc1C(=O)O. The van der Waals surface area contributed by atoms with E-state index in [1.165, 1.54) is 12.8 Å². The van der Waals surface area contributed by atoms with Gasteiger partial charge in [-0.25, -0.2) is 4.79 Å². The molecule has 0 heterocycles. The summed E-state index contributed by atoms with van der Waals surface area (Å²) >= 11 is 0. The van der Waals surface area contributed by atoms with Gasteiger partial charge in [0, 0.05) is 5.69 Å². The van der Waals surface area contributed by atoms with Crippen molar-refractivity contribution in [2.24, 2.45) is 5.92 Å². The molecule has 0 amide bonds. The number of anilines is 1. The molecule has 0 bridgehead atoms. The van der Waals surface area contributed by atoms with Crippen LogP contribution in [0.2, 0.25) is 0 Å². The first kappa shape index (κ1) is 14.6. The van der Waals surface area contributed by atoms with Crippen molar-refractivity contribution in [1.82, 2.24) is 0 Å². The van der Waals surface area contributed by atoms with E-state index in [0.717, 1.165) is 24.8 Å². The topological polar surface area (TPSA) is 63.3 Å². The molecule has 1 rings (SSSR count). The third-order valence-corrected chi connectivity index (χ3v) is 3.48. The number of benzene rings is 1. The molecule has 0 radical (unpaired) electrons. The monoisotopic (exact) mass is 249 g/mol. The Labute approximate surface area is 109 Å². The molecule has 3 heteroatoms. The third-order valence-electron chi connectivity index (χ3n) is 3.48. The van der Waals surface area contributed by atoms with Gasteiger partial charge in [-0.15, -0.1) is 0 Å². The number of nitrogen functional groups attached to an aromatic ring is 1. The van der Waals surface area contributed by atoms with Crippen LogP contribution in [0.15, 0.2) is 18.2 Å². The molecule has 18 heavy (non-hydrogen) atoms. The van der Waals surface area contributed by atoms with Crippen molar-refractivity contribution in [3.63, 3.8) is 0 Å². The molecule has 1 aromatic carbocycles. The largest absolute Gasteiger partial charge is 0.478 e. The van der Waals surface area contributed by atoms with E-state index >= 15 is 0 Å². The average Bonchev–Trinajstić information content (AvgIpc) is 2.35. The highest BCUT2D eigenvalue weighted by atomic mass is 16.4. The highest BCUT2D eigenvalue weighted by Gasteiger charge is 2.16. The van der Waals surface area contributed by atoms with Gasteiger partial charge < -0.3 is 10.8 Å². The molecular formula is C15H23NO2. The maximum Gasteiger partial charge on any atom is 0.336 e. The van der Waals surface area contributed by atoms with Crippen molar-refractivity contribution in [2.45, 2.75) is 46.0 Å². The number of aromatic carboxylic acids is 1. The second-order valence-corrected chi connectivity index (χ2v) is 4.80. The van der Waals surface area contributed by atoms with Crippen LogP contribution >= 0.6 is 0 Å². The van der Waals surface area contributed by atoms with E-state index in [0.29, 0.717) is 17.2 Å². The van der Waals surface area contributed by atoms with Crippen molar-refractivity contribution in [3.8, 4) is 0 Å². The number of unbranched alkanes of at least 4 members (excludes halogenated alkanes) is 1. The van der Waals surface area contributed by atoms with Gasteiger partial charge in [-0.1, -0.05) is 45.6 Å².